The molecule has 0 saturated heterocycles. The molecule has 2 aromatic heterocycles. The van der Waals surface area contributed by atoms with Crippen molar-refractivity contribution in [2.24, 2.45) is 5.92 Å². The van der Waals surface area contributed by atoms with Crippen molar-refractivity contribution in [3.63, 3.8) is 0 Å². The van der Waals surface area contributed by atoms with Gasteiger partial charge in [-0.1, -0.05) is 18.7 Å². The molecule has 0 aliphatic heterocycles. The van der Waals surface area contributed by atoms with Crippen LogP contribution in [-0.4, -0.2) is 35.8 Å². The number of thiophene rings is 1. The fourth-order valence-corrected chi connectivity index (χ4v) is 6.12. The number of carbonyl (C=O) groups is 1. The second-order valence-corrected chi connectivity index (χ2v) is 9.59. The summed E-state index contributed by atoms with van der Waals surface area (Å²) in [6.45, 7) is 4.21. The van der Waals surface area contributed by atoms with Crippen LogP contribution in [0, 0.1) is 12.8 Å². The van der Waals surface area contributed by atoms with Crippen molar-refractivity contribution in [3.8, 4) is 11.5 Å². The van der Waals surface area contributed by atoms with E-state index in [2.05, 4.69) is 22.2 Å². The number of nitrogens with one attached hydrogen (secondary N) is 1. The first-order valence-electron chi connectivity index (χ1n) is 9.91. The molecule has 1 amide bonds. The standard InChI is InChI=1S/C22H25N3O3S2/c1-12-5-6-17-18(7-12)30-22-20(17)21(23-13(2)24-22)29-11-19(26)25-14-8-15(27-3)10-16(9-14)28-4/h8-10,12H,5-7,11H2,1-4H3,(H,25,26). The Labute approximate surface area is 184 Å². The number of nitrogens with zero attached hydrogens (tertiary/aromatic N) is 2. The molecule has 30 heavy (non-hydrogen) atoms. The predicted octanol–water partition coefficient (Wildman–Crippen LogP) is 4.87. The molecule has 1 unspecified atom stereocenters. The van der Waals surface area contributed by atoms with Crippen LogP contribution in [0.2, 0.25) is 0 Å². The Balaban J connectivity index is 1.53. The number of hydrogen-bond donors (Lipinski definition) is 1. The zero-order chi connectivity index (χ0) is 21.3. The number of hydrogen-bond acceptors (Lipinski definition) is 7. The molecule has 3 aromatic rings. The van der Waals surface area contributed by atoms with E-state index >= 15 is 0 Å². The Morgan fingerprint density at radius 2 is 1.97 bits per heavy atom. The number of anilines is 1. The van der Waals surface area contributed by atoms with Gasteiger partial charge in [-0.05, 0) is 37.7 Å². The van der Waals surface area contributed by atoms with E-state index in [4.69, 9.17) is 9.47 Å². The predicted molar refractivity (Wildman–Crippen MR) is 122 cm³/mol. The topological polar surface area (TPSA) is 73.3 Å². The smallest absolute Gasteiger partial charge is 0.234 e. The molecular formula is C22H25N3O3S2. The number of rotatable bonds is 6. The summed E-state index contributed by atoms with van der Waals surface area (Å²) in [7, 11) is 3.17. The highest BCUT2D eigenvalue weighted by atomic mass is 32.2. The lowest BCUT2D eigenvalue weighted by Gasteiger charge is -2.18. The van der Waals surface area contributed by atoms with Gasteiger partial charge in [0.15, 0.2) is 0 Å². The van der Waals surface area contributed by atoms with Crippen molar-refractivity contribution in [3.05, 3.63) is 34.5 Å². The molecule has 1 N–H and O–H groups in total. The molecule has 0 spiro atoms. The van der Waals surface area contributed by atoms with Gasteiger partial charge in [-0.2, -0.15) is 0 Å². The molecule has 1 aromatic carbocycles. The normalized spacial score (nSPS) is 15.7. The summed E-state index contributed by atoms with van der Waals surface area (Å²) in [5, 5.41) is 4.98. The summed E-state index contributed by atoms with van der Waals surface area (Å²) in [5.41, 5.74) is 2.02. The van der Waals surface area contributed by atoms with Crippen molar-refractivity contribution < 1.29 is 14.3 Å². The molecule has 2 heterocycles. The number of benzene rings is 1. The molecule has 0 fully saturated rings. The van der Waals surface area contributed by atoms with Gasteiger partial charge in [0, 0.05) is 34.1 Å². The highest BCUT2D eigenvalue weighted by Crippen LogP contribution is 2.41. The van der Waals surface area contributed by atoms with E-state index in [-0.39, 0.29) is 11.7 Å². The number of aromatic nitrogens is 2. The average molecular weight is 444 g/mol. The van der Waals surface area contributed by atoms with Crippen LogP contribution in [0.4, 0.5) is 5.69 Å². The summed E-state index contributed by atoms with van der Waals surface area (Å²) < 4.78 is 10.5. The lowest BCUT2D eigenvalue weighted by Crippen LogP contribution is -2.14. The van der Waals surface area contributed by atoms with Gasteiger partial charge in [-0.25, -0.2) is 9.97 Å². The highest BCUT2D eigenvalue weighted by molar-refractivity contribution is 8.00. The molecule has 8 heteroatoms. The van der Waals surface area contributed by atoms with Gasteiger partial charge in [0.1, 0.15) is 27.2 Å². The third kappa shape index (κ3) is 4.39. The first kappa shape index (κ1) is 20.9. The van der Waals surface area contributed by atoms with E-state index in [0.29, 0.717) is 23.1 Å². The largest absolute Gasteiger partial charge is 0.497 e. The monoisotopic (exact) mass is 443 g/mol. The van der Waals surface area contributed by atoms with Crippen LogP contribution in [0.1, 0.15) is 29.6 Å². The fraction of sp³-hybridized carbons (Fsp3) is 0.409. The zero-order valence-corrected chi connectivity index (χ0v) is 19.2. The number of thioether (sulfide) groups is 1. The molecule has 1 aliphatic rings. The van der Waals surface area contributed by atoms with Crippen LogP contribution in [0.3, 0.4) is 0 Å². The van der Waals surface area contributed by atoms with Crippen LogP contribution in [0.15, 0.2) is 23.2 Å². The van der Waals surface area contributed by atoms with E-state index in [1.54, 1.807) is 43.8 Å². The van der Waals surface area contributed by atoms with E-state index in [9.17, 15) is 4.79 Å². The average Bonchev–Trinajstić information content (AvgIpc) is 3.08. The summed E-state index contributed by atoms with van der Waals surface area (Å²) in [6, 6.07) is 5.31. The highest BCUT2D eigenvalue weighted by Gasteiger charge is 2.24. The number of methoxy groups -OCH3 is 2. The number of fused-ring (bicyclic) bond motifs is 3. The van der Waals surface area contributed by atoms with E-state index < -0.39 is 0 Å². The van der Waals surface area contributed by atoms with E-state index in [1.807, 2.05) is 6.92 Å². The number of ether oxygens (including phenoxy) is 2. The number of aryl methyl sites for hydroxylation is 2. The molecule has 0 radical (unpaired) electrons. The minimum atomic E-state index is -0.0996. The van der Waals surface area contributed by atoms with Crippen molar-refractivity contribution >= 4 is 44.9 Å². The maximum absolute atomic E-state index is 12.6. The number of amides is 1. The summed E-state index contributed by atoms with van der Waals surface area (Å²) in [4.78, 5) is 24.4. The Bertz CT molecular complexity index is 1070. The van der Waals surface area contributed by atoms with Gasteiger partial charge in [0.25, 0.3) is 0 Å². The minimum absolute atomic E-state index is 0.0996. The maximum atomic E-state index is 12.6. The molecule has 0 bridgehead atoms. The molecule has 6 nitrogen and oxygen atoms in total. The maximum Gasteiger partial charge on any atom is 0.234 e. The molecule has 1 aliphatic carbocycles. The Morgan fingerprint density at radius 3 is 2.67 bits per heavy atom. The fourth-order valence-electron chi connectivity index (χ4n) is 3.73. The molecule has 0 saturated carbocycles. The van der Waals surface area contributed by atoms with E-state index in [1.165, 1.54) is 28.6 Å². The zero-order valence-electron chi connectivity index (χ0n) is 17.6. The quantitative estimate of drug-likeness (QED) is 0.433. The van der Waals surface area contributed by atoms with E-state index in [0.717, 1.165) is 33.9 Å². The van der Waals surface area contributed by atoms with Crippen LogP contribution in [0.25, 0.3) is 10.2 Å². The molecule has 158 valence electrons. The summed E-state index contributed by atoms with van der Waals surface area (Å²) in [5.74, 6) is 2.88. The van der Waals surface area contributed by atoms with Crippen molar-refractivity contribution in [1.29, 1.82) is 0 Å². The van der Waals surface area contributed by atoms with Gasteiger partial charge in [0.2, 0.25) is 5.91 Å². The molecular weight excluding hydrogens is 418 g/mol. The van der Waals surface area contributed by atoms with Crippen LogP contribution in [0.5, 0.6) is 11.5 Å². The van der Waals surface area contributed by atoms with Gasteiger partial charge >= 0.3 is 0 Å². The van der Waals surface area contributed by atoms with Crippen LogP contribution < -0.4 is 14.8 Å². The lowest BCUT2D eigenvalue weighted by molar-refractivity contribution is -0.113. The Morgan fingerprint density at radius 1 is 1.23 bits per heavy atom. The lowest BCUT2D eigenvalue weighted by atomic mass is 9.89. The number of carbonyl (C=O) groups excluding carboxylic acids is 1. The van der Waals surface area contributed by atoms with Gasteiger partial charge < -0.3 is 14.8 Å². The minimum Gasteiger partial charge on any atom is -0.497 e. The summed E-state index contributed by atoms with van der Waals surface area (Å²) in [6.07, 6.45) is 3.36. The SMILES string of the molecule is COc1cc(NC(=O)CSc2nc(C)nc3sc4c(c23)CCC(C)C4)cc(OC)c1. The molecule has 1 atom stereocenters. The van der Waals surface area contributed by atoms with Gasteiger partial charge in [-0.3, -0.25) is 4.79 Å². The van der Waals surface area contributed by atoms with Gasteiger partial charge in [-0.15, -0.1) is 11.3 Å². The van der Waals surface area contributed by atoms with Crippen molar-refractivity contribution in [2.45, 2.75) is 38.1 Å². The van der Waals surface area contributed by atoms with Crippen LogP contribution in [-0.2, 0) is 17.6 Å². The van der Waals surface area contributed by atoms with Crippen LogP contribution >= 0.6 is 23.1 Å². The molecule has 4 rings (SSSR count). The van der Waals surface area contributed by atoms with Gasteiger partial charge in [0.05, 0.1) is 20.0 Å². The second kappa shape index (κ2) is 8.81. The Hall–Kier alpha value is -2.32. The second-order valence-electron chi connectivity index (χ2n) is 7.55. The Kier molecular flexibility index (Phi) is 6.15. The third-order valence-corrected chi connectivity index (χ3v) is 7.33. The summed E-state index contributed by atoms with van der Waals surface area (Å²) >= 11 is 3.25. The third-order valence-electron chi connectivity index (χ3n) is 5.21. The first-order valence-corrected chi connectivity index (χ1v) is 11.7. The van der Waals surface area contributed by atoms with Crippen molar-refractivity contribution in [2.75, 3.05) is 25.3 Å². The first-order chi connectivity index (χ1) is 14.5. The van der Waals surface area contributed by atoms with Crippen molar-refractivity contribution in [1.82, 2.24) is 9.97 Å².